The number of thiazole rings is 1. The van der Waals surface area contributed by atoms with Crippen molar-refractivity contribution in [2.24, 2.45) is 0 Å². The van der Waals surface area contributed by atoms with Crippen molar-refractivity contribution in [1.82, 2.24) is 9.97 Å². The molecule has 2 aromatic heterocycles. The number of aromatic nitrogens is 2. The van der Waals surface area contributed by atoms with Crippen molar-refractivity contribution in [2.75, 3.05) is 5.32 Å². The number of amides is 1. The molecule has 0 saturated heterocycles. The molecular weight excluding hydrogens is 346 g/mol. The van der Waals surface area contributed by atoms with Crippen LogP contribution in [0.2, 0.25) is 0 Å². The van der Waals surface area contributed by atoms with E-state index in [0.717, 1.165) is 22.0 Å². The SMILES string of the molecule is Cc1nc(-c2ccccn2)sc1C(=O)Nc1cccc(COC(C)C)c1. The molecule has 3 aromatic rings. The van der Waals surface area contributed by atoms with E-state index in [1.54, 1.807) is 6.20 Å². The van der Waals surface area contributed by atoms with Gasteiger partial charge in [0, 0.05) is 11.9 Å². The third-order valence-electron chi connectivity index (χ3n) is 3.66. The summed E-state index contributed by atoms with van der Waals surface area (Å²) < 4.78 is 5.62. The van der Waals surface area contributed by atoms with Gasteiger partial charge < -0.3 is 10.1 Å². The average molecular weight is 367 g/mol. The van der Waals surface area contributed by atoms with E-state index < -0.39 is 0 Å². The number of rotatable bonds is 6. The van der Waals surface area contributed by atoms with Crippen LogP contribution >= 0.6 is 11.3 Å². The Labute approximate surface area is 157 Å². The highest BCUT2D eigenvalue weighted by molar-refractivity contribution is 7.17. The molecule has 5 nitrogen and oxygen atoms in total. The highest BCUT2D eigenvalue weighted by Gasteiger charge is 2.17. The zero-order chi connectivity index (χ0) is 18.5. The predicted molar refractivity (Wildman–Crippen MR) is 104 cm³/mol. The number of hydrogen-bond acceptors (Lipinski definition) is 5. The van der Waals surface area contributed by atoms with Gasteiger partial charge in [-0.05, 0) is 50.6 Å². The van der Waals surface area contributed by atoms with Crippen LogP contribution in [-0.4, -0.2) is 22.0 Å². The maximum absolute atomic E-state index is 12.7. The lowest BCUT2D eigenvalue weighted by Crippen LogP contribution is -2.12. The quantitative estimate of drug-likeness (QED) is 0.686. The van der Waals surface area contributed by atoms with E-state index in [0.29, 0.717) is 17.2 Å². The Morgan fingerprint density at radius 1 is 1.23 bits per heavy atom. The molecule has 0 radical (unpaired) electrons. The molecule has 134 valence electrons. The van der Waals surface area contributed by atoms with E-state index in [1.165, 1.54) is 11.3 Å². The molecule has 1 amide bonds. The van der Waals surface area contributed by atoms with Gasteiger partial charge in [-0.1, -0.05) is 18.2 Å². The van der Waals surface area contributed by atoms with Crippen molar-refractivity contribution in [3.63, 3.8) is 0 Å². The summed E-state index contributed by atoms with van der Waals surface area (Å²) in [6.07, 6.45) is 1.88. The molecule has 1 aromatic carbocycles. The van der Waals surface area contributed by atoms with Crippen LogP contribution < -0.4 is 5.32 Å². The first kappa shape index (κ1) is 18.2. The molecule has 6 heteroatoms. The summed E-state index contributed by atoms with van der Waals surface area (Å²) in [4.78, 5) is 22.0. The summed E-state index contributed by atoms with van der Waals surface area (Å²) in [6.45, 7) is 6.35. The zero-order valence-electron chi connectivity index (χ0n) is 15.0. The summed E-state index contributed by atoms with van der Waals surface area (Å²) in [5.74, 6) is -0.163. The smallest absolute Gasteiger partial charge is 0.267 e. The Morgan fingerprint density at radius 2 is 2.08 bits per heavy atom. The Kier molecular flexibility index (Phi) is 5.75. The van der Waals surface area contributed by atoms with Gasteiger partial charge in [-0.3, -0.25) is 9.78 Å². The van der Waals surface area contributed by atoms with Crippen LogP contribution in [0.5, 0.6) is 0 Å². The van der Waals surface area contributed by atoms with Crippen molar-refractivity contribution in [2.45, 2.75) is 33.5 Å². The molecular formula is C20H21N3O2S. The van der Waals surface area contributed by atoms with Crippen LogP contribution in [0.1, 0.15) is 34.8 Å². The number of benzene rings is 1. The second-order valence-corrected chi connectivity index (χ2v) is 7.16. The van der Waals surface area contributed by atoms with Gasteiger partial charge in [0.1, 0.15) is 9.88 Å². The van der Waals surface area contributed by atoms with Gasteiger partial charge in [0.2, 0.25) is 0 Å². The van der Waals surface area contributed by atoms with E-state index >= 15 is 0 Å². The highest BCUT2D eigenvalue weighted by atomic mass is 32.1. The average Bonchev–Trinajstić information content (AvgIpc) is 3.03. The van der Waals surface area contributed by atoms with E-state index in [4.69, 9.17) is 4.74 Å². The number of hydrogen-bond donors (Lipinski definition) is 1. The Hall–Kier alpha value is -2.57. The molecule has 0 aliphatic heterocycles. The third-order valence-corrected chi connectivity index (χ3v) is 4.83. The van der Waals surface area contributed by atoms with Crippen LogP contribution in [0.25, 0.3) is 10.7 Å². The number of nitrogens with one attached hydrogen (secondary N) is 1. The predicted octanol–water partition coefficient (Wildman–Crippen LogP) is 4.69. The molecule has 0 atom stereocenters. The number of pyridine rings is 1. The van der Waals surface area contributed by atoms with E-state index in [1.807, 2.05) is 63.2 Å². The van der Waals surface area contributed by atoms with E-state index in [-0.39, 0.29) is 12.0 Å². The molecule has 0 aliphatic carbocycles. The normalized spacial score (nSPS) is 10.9. The maximum Gasteiger partial charge on any atom is 0.267 e. The van der Waals surface area contributed by atoms with Gasteiger partial charge in [0.15, 0.2) is 0 Å². The number of ether oxygens (including phenoxy) is 1. The van der Waals surface area contributed by atoms with Crippen molar-refractivity contribution in [3.8, 4) is 10.7 Å². The summed E-state index contributed by atoms with van der Waals surface area (Å²) in [6, 6.07) is 13.3. The van der Waals surface area contributed by atoms with Crippen LogP contribution in [0.4, 0.5) is 5.69 Å². The lowest BCUT2D eigenvalue weighted by molar-refractivity contribution is 0.0657. The lowest BCUT2D eigenvalue weighted by Gasteiger charge is -2.09. The van der Waals surface area contributed by atoms with Crippen molar-refractivity contribution < 1.29 is 9.53 Å². The van der Waals surface area contributed by atoms with Crippen LogP contribution in [0.3, 0.4) is 0 Å². The maximum atomic E-state index is 12.7. The lowest BCUT2D eigenvalue weighted by atomic mass is 10.2. The minimum Gasteiger partial charge on any atom is -0.374 e. The topological polar surface area (TPSA) is 64.1 Å². The fourth-order valence-electron chi connectivity index (χ4n) is 2.40. The second-order valence-electron chi connectivity index (χ2n) is 6.16. The second kappa shape index (κ2) is 8.21. The molecule has 0 unspecified atom stereocenters. The number of nitrogens with zero attached hydrogens (tertiary/aromatic N) is 2. The number of carbonyl (C=O) groups is 1. The van der Waals surface area contributed by atoms with Crippen LogP contribution in [0, 0.1) is 6.92 Å². The van der Waals surface area contributed by atoms with Crippen LogP contribution in [0.15, 0.2) is 48.7 Å². The van der Waals surface area contributed by atoms with E-state index in [9.17, 15) is 4.79 Å². The monoisotopic (exact) mass is 367 g/mol. The molecule has 0 spiro atoms. The zero-order valence-corrected chi connectivity index (χ0v) is 15.8. The molecule has 1 N–H and O–H groups in total. The fraction of sp³-hybridized carbons (Fsp3) is 0.250. The molecule has 0 bridgehead atoms. The number of aryl methyl sites for hydroxylation is 1. The van der Waals surface area contributed by atoms with E-state index in [2.05, 4.69) is 15.3 Å². The van der Waals surface area contributed by atoms with Gasteiger partial charge in [0.25, 0.3) is 5.91 Å². The largest absolute Gasteiger partial charge is 0.374 e. The molecule has 26 heavy (non-hydrogen) atoms. The molecule has 0 fully saturated rings. The first-order chi connectivity index (χ1) is 12.5. The molecule has 3 rings (SSSR count). The van der Waals surface area contributed by atoms with Crippen molar-refractivity contribution in [3.05, 3.63) is 64.8 Å². The van der Waals surface area contributed by atoms with Gasteiger partial charge in [-0.15, -0.1) is 11.3 Å². The summed E-state index contributed by atoms with van der Waals surface area (Å²) >= 11 is 1.35. The number of anilines is 1. The minimum atomic E-state index is -0.163. The molecule has 0 aliphatic rings. The summed E-state index contributed by atoms with van der Waals surface area (Å²) in [5.41, 5.74) is 3.23. The molecule has 2 heterocycles. The Morgan fingerprint density at radius 3 is 2.81 bits per heavy atom. The standard InChI is InChI=1S/C20H21N3O2S/c1-13(2)25-12-15-7-6-8-16(11-15)23-19(24)18-14(3)22-20(26-18)17-9-4-5-10-21-17/h4-11,13H,12H2,1-3H3,(H,23,24). The molecule has 0 saturated carbocycles. The van der Waals surface area contributed by atoms with Gasteiger partial charge >= 0.3 is 0 Å². The first-order valence-corrected chi connectivity index (χ1v) is 9.25. The Balaban J connectivity index is 1.74. The minimum absolute atomic E-state index is 0.163. The van der Waals surface area contributed by atoms with Gasteiger partial charge in [0.05, 0.1) is 24.1 Å². The van der Waals surface area contributed by atoms with Gasteiger partial charge in [-0.25, -0.2) is 4.98 Å². The third kappa shape index (κ3) is 4.53. The summed E-state index contributed by atoms with van der Waals surface area (Å²) in [5, 5.41) is 3.69. The number of carbonyl (C=O) groups excluding carboxylic acids is 1. The fourth-order valence-corrected chi connectivity index (χ4v) is 3.33. The first-order valence-electron chi connectivity index (χ1n) is 8.43. The highest BCUT2D eigenvalue weighted by Crippen LogP contribution is 2.27. The van der Waals surface area contributed by atoms with Crippen molar-refractivity contribution in [1.29, 1.82) is 0 Å². The van der Waals surface area contributed by atoms with Crippen molar-refractivity contribution >= 4 is 22.9 Å². The Bertz CT molecular complexity index is 891. The van der Waals surface area contributed by atoms with Gasteiger partial charge in [-0.2, -0.15) is 0 Å². The summed E-state index contributed by atoms with van der Waals surface area (Å²) in [7, 11) is 0. The van der Waals surface area contributed by atoms with Crippen LogP contribution in [-0.2, 0) is 11.3 Å².